The van der Waals surface area contributed by atoms with Gasteiger partial charge in [-0.15, -0.1) is 10.2 Å². The van der Waals surface area contributed by atoms with E-state index in [4.69, 9.17) is 0 Å². The summed E-state index contributed by atoms with van der Waals surface area (Å²) in [6.07, 6.45) is 0. The van der Waals surface area contributed by atoms with E-state index in [2.05, 4.69) is 20.8 Å². The van der Waals surface area contributed by atoms with E-state index in [-0.39, 0.29) is 23.5 Å². The first-order valence-corrected chi connectivity index (χ1v) is 9.30. The zero-order valence-electron chi connectivity index (χ0n) is 14.0. The molecule has 0 unspecified atom stereocenters. The summed E-state index contributed by atoms with van der Waals surface area (Å²) in [6.45, 7) is 7.54. The van der Waals surface area contributed by atoms with Gasteiger partial charge >= 0.3 is 0 Å². The average molecular weight is 364 g/mol. The molecule has 0 bridgehead atoms. The van der Waals surface area contributed by atoms with Crippen LogP contribution in [0.5, 0.6) is 0 Å². The number of hydrogen-bond donors (Lipinski definition) is 2. The van der Waals surface area contributed by atoms with Gasteiger partial charge in [0.2, 0.25) is 16.9 Å². The minimum atomic E-state index is -0.117. The van der Waals surface area contributed by atoms with Gasteiger partial charge in [-0.25, -0.2) is 0 Å². The van der Waals surface area contributed by atoms with E-state index in [1.165, 1.54) is 23.1 Å². The van der Waals surface area contributed by atoms with Crippen LogP contribution in [0.15, 0.2) is 22.5 Å². The number of hydrogen-bond acceptors (Lipinski definition) is 6. The van der Waals surface area contributed by atoms with Gasteiger partial charge in [0.25, 0.3) is 0 Å². The normalized spacial score (nSPS) is 10.7. The van der Waals surface area contributed by atoms with E-state index in [0.29, 0.717) is 9.47 Å². The molecule has 2 rings (SSSR count). The maximum absolute atomic E-state index is 12.1. The second-order valence-corrected chi connectivity index (χ2v) is 7.82. The quantitative estimate of drug-likeness (QED) is 0.605. The Balaban J connectivity index is 1.88. The van der Waals surface area contributed by atoms with Gasteiger partial charge in [-0.1, -0.05) is 55.1 Å². The van der Waals surface area contributed by atoms with Gasteiger partial charge in [0.05, 0.1) is 5.75 Å². The zero-order chi connectivity index (χ0) is 17.7. The van der Waals surface area contributed by atoms with E-state index < -0.39 is 0 Å². The molecule has 0 aliphatic carbocycles. The molecule has 24 heavy (non-hydrogen) atoms. The molecule has 0 spiro atoms. The van der Waals surface area contributed by atoms with Crippen molar-refractivity contribution in [3.63, 3.8) is 0 Å². The van der Waals surface area contributed by atoms with Crippen LogP contribution in [0.25, 0.3) is 0 Å². The number of benzene rings is 1. The molecule has 0 saturated heterocycles. The summed E-state index contributed by atoms with van der Waals surface area (Å²) in [5.41, 5.74) is 2.91. The SMILES string of the molecule is Cc1cccc(C)c1NC(=O)CSc1nnc(NC(=O)C(C)C)s1. The number of nitrogens with one attached hydrogen (secondary N) is 2. The van der Waals surface area contributed by atoms with E-state index in [9.17, 15) is 9.59 Å². The third-order valence-electron chi connectivity index (χ3n) is 3.23. The van der Waals surface area contributed by atoms with Crippen LogP contribution in [-0.4, -0.2) is 27.8 Å². The van der Waals surface area contributed by atoms with Gasteiger partial charge in [0.1, 0.15) is 0 Å². The third kappa shape index (κ3) is 5.04. The predicted molar refractivity (Wildman–Crippen MR) is 98.6 cm³/mol. The molecule has 2 N–H and O–H groups in total. The predicted octanol–water partition coefficient (Wildman–Crippen LogP) is 3.48. The lowest BCUT2D eigenvalue weighted by Gasteiger charge is -2.10. The Morgan fingerprint density at radius 2 is 1.83 bits per heavy atom. The van der Waals surface area contributed by atoms with Crippen LogP contribution in [-0.2, 0) is 9.59 Å². The maximum atomic E-state index is 12.1. The van der Waals surface area contributed by atoms with Gasteiger partial charge in [0, 0.05) is 11.6 Å². The highest BCUT2D eigenvalue weighted by Gasteiger charge is 2.13. The van der Waals surface area contributed by atoms with E-state index >= 15 is 0 Å². The lowest BCUT2D eigenvalue weighted by molar-refractivity contribution is -0.119. The number of anilines is 2. The highest BCUT2D eigenvalue weighted by atomic mass is 32.2. The molecule has 0 saturated carbocycles. The largest absolute Gasteiger partial charge is 0.325 e. The number of para-hydroxylation sites is 1. The fourth-order valence-corrected chi connectivity index (χ4v) is 3.44. The first kappa shape index (κ1) is 18.4. The van der Waals surface area contributed by atoms with Gasteiger partial charge < -0.3 is 10.6 Å². The van der Waals surface area contributed by atoms with E-state index in [1.54, 1.807) is 0 Å². The lowest BCUT2D eigenvalue weighted by Crippen LogP contribution is -2.17. The first-order valence-electron chi connectivity index (χ1n) is 7.50. The number of carbonyl (C=O) groups excluding carboxylic acids is 2. The number of nitrogens with zero attached hydrogens (tertiary/aromatic N) is 2. The van der Waals surface area contributed by atoms with Crippen LogP contribution in [0.4, 0.5) is 10.8 Å². The molecule has 1 aromatic carbocycles. The topological polar surface area (TPSA) is 84.0 Å². The summed E-state index contributed by atoms with van der Waals surface area (Å²) in [6, 6.07) is 5.89. The Bertz CT molecular complexity index is 723. The molecule has 0 atom stereocenters. The molecular formula is C16H20N4O2S2. The van der Waals surface area contributed by atoms with Crippen LogP contribution in [0, 0.1) is 19.8 Å². The molecule has 128 valence electrons. The van der Waals surface area contributed by atoms with Crippen molar-refractivity contribution in [2.24, 2.45) is 5.92 Å². The number of amides is 2. The van der Waals surface area contributed by atoms with E-state index in [0.717, 1.165) is 16.8 Å². The molecule has 0 fully saturated rings. The molecule has 6 nitrogen and oxygen atoms in total. The number of aryl methyl sites for hydroxylation is 2. The summed E-state index contributed by atoms with van der Waals surface area (Å²) in [4.78, 5) is 23.7. The standard InChI is InChI=1S/C16H20N4O2S2/c1-9(2)14(22)18-15-19-20-16(24-15)23-8-12(21)17-13-10(3)6-5-7-11(13)4/h5-7,9H,8H2,1-4H3,(H,17,21)(H,18,19,22). The lowest BCUT2D eigenvalue weighted by atomic mass is 10.1. The number of rotatable bonds is 6. The van der Waals surface area contributed by atoms with Crippen LogP contribution in [0.2, 0.25) is 0 Å². The summed E-state index contributed by atoms with van der Waals surface area (Å²) in [7, 11) is 0. The van der Waals surface area contributed by atoms with Gasteiger partial charge in [0.15, 0.2) is 4.34 Å². The van der Waals surface area contributed by atoms with Gasteiger partial charge in [-0.3, -0.25) is 9.59 Å². The van der Waals surface area contributed by atoms with Crippen LogP contribution in [0.3, 0.4) is 0 Å². The maximum Gasteiger partial charge on any atom is 0.234 e. The molecule has 0 aliphatic rings. The molecular weight excluding hydrogens is 344 g/mol. The molecule has 0 aliphatic heterocycles. The highest BCUT2D eigenvalue weighted by molar-refractivity contribution is 8.01. The Hall–Kier alpha value is -1.93. The van der Waals surface area contributed by atoms with Crippen molar-refractivity contribution < 1.29 is 9.59 Å². The smallest absolute Gasteiger partial charge is 0.234 e. The molecule has 2 aromatic rings. The third-order valence-corrected chi connectivity index (χ3v) is 5.21. The van der Waals surface area contributed by atoms with Crippen LogP contribution < -0.4 is 10.6 Å². The number of carbonyl (C=O) groups is 2. The summed E-state index contributed by atoms with van der Waals surface area (Å²) in [5, 5.41) is 14.0. The highest BCUT2D eigenvalue weighted by Crippen LogP contribution is 2.26. The molecule has 0 radical (unpaired) electrons. The molecule has 1 aromatic heterocycles. The van der Waals surface area contributed by atoms with Crippen molar-refractivity contribution >= 4 is 45.7 Å². The summed E-state index contributed by atoms with van der Waals surface area (Å²) in [5.74, 6) is -0.0791. The van der Waals surface area contributed by atoms with Crippen molar-refractivity contribution in [2.45, 2.75) is 32.0 Å². The van der Waals surface area contributed by atoms with Crippen molar-refractivity contribution in [3.05, 3.63) is 29.3 Å². The van der Waals surface area contributed by atoms with Crippen molar-refractivity contribution in [1.29, 1.82) is 0 Å². The fraction of sp³-hybridized carbons (Fsp3) is 0.375. The minimum Gasteiger partial charge on any atom is -0.325 e. The van der Waals surface area contributed by atoms with Gasteiger partial charge in [-0.2, -0.15) is 0 Å². The Morgan fingerprint density at radius 3 is 2.46 bits per heavy atom. The van der Waals surface area contributed by atoms with Crippen LogP contribution >= 0.6 is 23.1 Å². The number of aromatic nitrogens is 2. The average Bonchev–Trinajstić information content (AvgIpc) is 2.96. The van der Waals surface area contributed by atoms with Crippen molar-refractivity contribution in [3.8, 4) is 0 Å². The monoisotopic (exact) mass is 364 g/mol. The zero-order valence-corrected chi connectivity index (χ0v) is 15.7. The minimum absolute atomic E-state index is 0.0969. The summed E-state index contributed by atoms with van der Waals surface area (Å²) < 4.78 is 0.644. The Kier molecular flexibility index (Phi) is 6.33. The first-order chi connectivity index (χ1) is 11.4. The number of thioether (sulfide) groups is 1. The van der Waals surface area contributed by atoms with Gasteiger partial charge in [-0.05, 0) is 25.0 Å². The molecule has 8 heteroatoms. The second kappa shape index (κ2) is 8.25. The Labute approximate surface area is 149 Å². The summed E-state index contributed by atoms with van der Waals surface area (Å²) >= 11 is 2.56. The van der Waals surface area contributed by atoms with Crippen molar-refractivity contribution in [1.82, 2.24) is 10.2 Å². The fourth-order valence-electron chi connectivity index (χ4n) is 1.88. The second-order valence-electron chi connectivity index (χ2n) is 5.62. The molecule has 2 amide bonds. The molecule has 1 heterocycles. The Morgan fingerprint density at radius 1 is 1.17 bits per heavy atom. The van der Waals surface area contributed by atoms with Crippen LogP contribution in [0.1, 0.15) is 25.0 Å². The van der Waals surface area contributed by atoms with Crippen molar-refractivity contribution in [2.75, 3.05) is 16.4 Å². The van der Waals surface area contributed by atoms with E-state index in [1.807, 2.05) is 45.9 Å².